The van der Waals surface area contributed by atoms with Crippen molar-refractivity contribution in [2.75, 3.05) is 6.54 Å². The minimum absolute atomic E-state index is 0.0981. The van der Waals surface area contributed by atoms with Gasteiger partial charge in [-0.3, -0.25) is 0 Å². The molecule has 110 valence electrons. The maximum atomic E-state index is 4.91. The molecule has 0 amide bonds. The largest absolute Gasteiger partial charge is 0.312 e. The van der Waals surface area contributed by atoms with Crippen LogP contribution >= 0.6 is 22.7 Å². The van der Waals surface area contributed by atoms with Crippen LogP contribution in [0.15, 0.2) is 17.5 Å². The summed E-state index contributed by atoms with van der Waals surface area (Å²) < 4.78 is 0. The van der Waals surface area contributed by atoms with E-state index in [1.54, 1.807) is 11.3 Å². The maximum absolute atomic E-state index is 4.91. The number of aromatic nitrogens is 1. The van der Waals surface area contributed by atoms with E-state index in [9.17, 15) is 0 Å². The first-order valence-corrected chi connectivity index (χ1v) is 8.82. The Morgan fingerprint density at radius 1 is 1.30 bits per heavy atom. The summed E-state index contributed by atoms with van der Waals surface area (Å²) in [5.41, 5.74) is 1.34. The van der Waals surface area contributed by atoms with E-state index in [4.69, 9.17) is 4.98 Å². The van der Waals surface area contributed by atoms with E-state index in [1.165, 1.54) is 15.4 Å². The van der Waals surface area contributed by atoms with Gasteiger partial charge in [0.1, 0.15) is 5.01 Å². The molecule has 0 aliphatic heterocycles. The van der Waals surface area contributed by atoms with Gasteiger partial charge in [0.2, 0.25) is 0 Å². The van der Waals surface area contributed by atoms with Gasteiger partial charge >= 0.3 is 0 Å². The molecule has 2 aromatic heterocycles. The van der Waals surface area contributed by atoms with Crippen molar-refractivity contribution in [2.24, 2.45) is 5.92 Å². The zero-order valence-corrected chi connectivity index (χ0v) is 14.6. The van der Waals surface area contributed by atoms with E-state index in [1.807, 2.05) is 11.3 Å². The Hall–Kier alpha value is -0.710. The lowest BCUT2D eigenvalue weighted by Crippen LogP contribution is -2.21. The highest BCUT2D eigenvalue weighted by Gasteiger charge is 2.23. The first-order valence-electron chi connectivity index (χ1n) is 7.12. The van der Waals surface area contributed by atoms with Crippen LogP contribution in [-0.2, 0) is 12.0 Å². The van der Waals surface area contributed by atoms with Gasteiger partial charge in [-0.2, -0.15) is 0 Å². The van der Waals surface area contributed by atoms with Gasteiger partial charge in [0.25, 0.3) is 0 Å². The zero-order valence-electron chi connectivity index (χ0n) is 13.0. The van der Waals surface area contributed by atoms with Crippen LogP contribution < -0.4 is 5.32 Å². The van der Waals surface area contributed by atoms with Crippen LogP contribution in [0.3, 0.4) is 0 Å². The Kier molecular flexibility index (Phi) is 4.99. The van der Waals surface area contributed by atoms with E-state index in [2.05, 4.69) is 57.4 Å². The molecule has 0 aromatic carbocycles. The van der Waals surface area contributed by atoms with Gasteiger partial charge in [0, 0.05) is 16.8 Å². The van der Waals surface area contributed by atoms with Crippen LogP contribution in [0.1, 0.15) is 45.2 Å². The van der Waals surface area contributed by atoms with Crippen molar-refractivity contribution in [1.29, 1.82) is 0 Å². The molecular weight excluding hydrogens is 284 g/mol. The lowest BCUT2D eigenvalue weighted by molar-refractivity contribution is 0.535. The molecule has 4 heteroatoms. The quantitative estimate of drug-likeness (QED) is 0.848. The molecule has 0 aliphatic rings. The van der Waals surface area contributed by atoms with Crippen molar-refractivity contribution in [2.45, 2.75) is 46.6 Å². The highest BCUT2D eigenvalue weighted by Crippen LogP contribution is 2.36. The fraction of sp³-hybridized carbons (Fsp3) is 0.562. The number of thiophene rings is 1. The van der Waals surface area contributed by atoms with Crippen LogP contribution in [0.4, 0.5) is 0 Å². The summed E-state index contributed by atoms with van der Waals surface area (Å²) in [7, 11) is 0. The first kappa shape index (κ1) is 15.7. The topological polar surface area (TPSA) is 24.9 Å². The summed E-state index contributed by atoms with van der Waals surface area (Å²) in [6.07, 6.45) is 0. The number of nitrogens with one attached hydrogen (secondary N) is 1. The third-order valence-corrected chi connectivity index (χ3v) is 5.07. The van der Waals surface area contributed by atoms with Crippen molar-refractivity contribution in [3.63, 3.8) is 0 Å². The maximum Gasteiger partial charge on any atom is 0.133 e. The second-order valence-corrected chi connectivity index (χ2v) is 8.57. The number of rotatable bonds is 5. The van der Waals surface area contributed by atoms with E-state index in [0.29, 0.717) is 5.92 Å². The van der Waals surface area contributed by atoms with Gasteiger partial charge in [-0.1, -0.05) is 40.7 Å². The molecule has 0 fully saturated rings. The van der Waals surface area contributed by atoms with Crippen molar-refractivity contribution < 1.29 is 0 Å². The third kappa shape index (κ3) is 3.90. The average Bonchev–Trinajstić information content (AvgIpc) is 2.94. The Bertz CT molecular complexity index is 533. The highest BCUT2D eigenvalue weighted by molar-refractivity contribution is 7.21. The van der Waals surface area contributed by atoms with Crippen LogP contribution in [-0.4, -0.2) is 11.5 Å². The molecule has 0 atom stereocenters. The zero-order chi connectivity index (χ0) is 14.8. The van der Waals surface area contributed by atoms with E-state index >= 15 is 0 Å². The molecule has 0 unspecified atom stereocenters. The molecule has 0 saturated heterocycles. The highest BCUT2D eigenvalue weighted by atomic mass is 32.1. The van der Waals surface area contributed by atoms with Gasteiger partial charge in [-0.25, -0.2) is 4.98 Å². The van der Waals surface area contributed by atoms with Gasteiger partial charge < -0.3 is 5.32 Å². The Labute approximate surface area is 130 Å². The molecular formula is C16H24N2S2. The third-order valence-electron chi connectivity index (χ3n) is 2.98. The van der Waals surface area contributed by atoms with Crippen molar-refractivity contribution in [1.82, 2.24) is 10.3 Å². The lowest BCUT2D eigenvalue weighted by atomic mass is 9.91. The molecule has 0 aliphatic carbocycles. The smallest absolute Gasteiger partial charge is 0.133 e. The van der Waals surface area contributed by atoms with E-state index in [-0.39, 0.29) is 5.41 Å². The number of hydrogen-bond donors (Lipinski definition) is 1. The standard InChI is InChI=1S/C16H24N2S2/c1-11(2)9-17-10-13-14(16(3,4)5)18-15(20-13)12-7-6-8-19-12/h6-8,11,17H,9-10H2,1-5H3. The summed E-state index contributed by atoms with van der Waals surface area (Å²) in [5.74, 6) is 0.678. The number of thiazole rings is 1. The molecule has 0 spiro atoms. The molecule has 2 aromatic rings. The minimum Gasteiger partial charge on any atom is -0.312 e. The predicted molar refractivity (Wildman–Crippen MR) is 90.7 cm³/mol. The Balaban J connectivity index is 2.24. The fourth-order valence-corrected chi connectivity index (χ4v) is 4.08. The summed E-state index contributed by atoms with van der Waals surface area (Å²) in [6, 6.07) is 4.25. The molecule has 0 bridgehead atoms. The Morgan fingerprint density at radius 2 is 2.05 bits per heavy atom. The van der Waals surface area contributed by atoms with Crippen molar-refractivity contribution in [3.8, 4) is 9.88 Å². The van der Waals surface area contributed by atoms with Crippen LogP contribution in [0.2, 0.25) is 0 Å². The second kappa shape index (κ2) is 6.37. The SMILES string of the molecule is CC(C)CNCc1sc(-c2cccs2)nc1C(C)(C)C. The van der Waals surface area contributed by atoms with E-state index < -0.39 is 0 Å². The van der Waals surface area contributed by atoms with Gasteiger partial charge in [-0.05, 0) is 23.9 Å². The van der Waals surface area contributed by atoms with Gasteiger partial charge in [0.15, 0.2) is 0 Å². The fourth-order valence-electron chi connectivity index (χ4n) is 2.04. The molecule has 2 heterocycles. The van der Waals surface area contributed by atoms with Crippen molar-refractivity contribution >= 4 is 22.7 Å². The summed E-state index contributed by atoms with van der Waals surface area (Å²) in [4.78, 5) is 7.56. The Morgan fingerprint density at radius 3 is 2.60 bits per heavy atom. The summed E-state index contributed by atoms with van der Waals surface area (Å²) in [6.45, 7) is 13.2. The minimum atomic E-state index is 0.0981. The van der Waals surface area contributed by atoms with Crippen LogP contribution in [0, 0.1) is 5.92 Å². The molecule has 2 nitrogen and oxygen atoms in total. The predicted octanol–water partition coefficient (Wildman–Crippen LogP) is 4.91. The van der Waals surface area contributed by atoms with Gasteiger partial charge in [-0.15, -0.1) is 22.7 Å². The molecule has 0 radical (unpaired) electrons. The summed E-state index contributed by atoms with van der Waals surface area (Å²) >= 11 is 3.60. The van der Waals surface area contributed by atoms with Crippen LogP contribution in [0.5, 0.6) is 0 Å². The number of nitrogens with zero attached hydrogens (tertiary/aromatic N) is 1. The van der Waals surface area contributed by atoms with Gasteiger partial charge in [0.05, 0.1) is 10.6 Å². The molecule has 0 saturated carbocycles. The lowest BCUT2D eigenvalue weighted by Gasteiger charge is -2.18. The summed E-state index contributed by atoms with van der Waals surface area (Å²) in [5, 5.41) is 6.82. The molecule has 2 rings (SSSR count). The average molecular weight is 309 g/mol. The monoisotopic (exact) mass is 308 g/mol. The van der Waals surface area contributed by atoms with Crippen molar-refractivity contribution in [3.05, 3.63) is 28.1 Å². The molecule has 1 N–H and O–H groups in total. The first-order chi connectivity index (χ1) is 9.38. The second-order valence-electron chi connectivity index (χ2n) is 6.54. The van der Waals surface area contributed by atoms with E-state index in [0.717, 1.165) is 18.1 Å². The normalized spacial score (nSPS) is 12.3. The molecule has 20 heavy (non-hydrogen) atoms. The number of hydrogen-bond acceptors (Lipinski definition) is 4. The van der Waals surface area contributed by atoms with Crippen LogP contribution in [0.25, 0.3) is 9.88 Å².